The number of carbonyl (C=O) groups excluding carboxylic acids is 3. The number of nitrogens with zero attached hydrogens (tertiary/aromatic N) is 1. The van der Waals surface area contributed by atoms with Crippen molar-refractivity contribution in [3.8, 4) is 0 Å². The third kappa shape index (κ3) is 3.09. The van der Waals surface area contributed by atoms with Crippen molar-refractivity contribution in [2.24, 2.45) is 5.73 Å². The number of nitrogens with two attached hydrogens (primary N) is 1. The van der Waals surface area contributed by atoms with Gasteiger partial charge in [0.05, 0.1) is 6.04 Å². The Morgan fingerprint density at radius 2 is 2.05 bits per heavy atom. The summed E-state index contributed by atoms with van der Waals surface area (Å²) in [4.78, 5) is 37.2. The van der Waals surface area contributed by atoms with Gasteiger partial charge in [0.25, 0.3) is 0 Å². The molecule has 2 saturated heterocycles. The van der Waals surface area contributed by atoms with Crippen molar-refractivity contribution in [1.29, 1.82) is 0 Å². The summed E-state index contributed by atoms with van der Waals surface area (Å²) in [7, 11) is 0. The van der Waals surface area contributed by atoms with Crippen LogP contribution in [0.3, 0.4) is 0 Å². The van der Waals surface area contributed by atoms with E-state index in [0.29, 0.717) is 13.0 Å². The van der Waals surface area contributed by atoms with E-state index >= 15 is 0 Å². The van der Waals surface area contributed by atoms with Crippen LogP contribution in [0.5, 0.6) is 0 Å². The molecule has 0 saturated carbocycles. The quantitative estimate of drug-likeness (QED) is 0.597. The van der Waals surface area contributed by atoms with E-state index < -0.39 is 18.0 Å². The summed E-state index contributed by atoms with van der Waals surface area (Å²) in [5, 5.41) is 5.72. The van der Waals surface area contributed by atoms with E-state index in [1.54, 1.807) is 11.8 Å². The van der Waals surface area contributed by atoms with Crippen LogP contribution < -0.4 is 16.4 Å². The first-order chi connectivity index (χ1) is 9.50. The average molecular weight is 282 g/mol. The lowest BCUT2D eigenvalue weighted by atomic mass is 10.1. The Hall–Kier alpha value is -1.63. The molecule has 0 unspecified atom stereocenters. The number of carbonyl (C=O) groups is 3. The fourth-order valence-corrected chi connectivity index (χ4v) is 2.78. The first-order valence-electron chi connectivity index (χ1n) is 7.14. The van der Waals surface area contributed by atoms with Gasteiger partial charge in [-0.25, -0.2) is 0 Å². The topological polar surface area (TPSA) is 105 Å². The highest BCUT2D eigenvalue weighted by atomic mass is 16.2. The lowest BCUT2D eigenvalue weighted by molar-refractivity contribution is -0.140. The average Bonchev–Trinajstić information content (AvgIpc) is 3.08. The largest absolute Gasteiger partial charge is 0.368 e. The van der Waals surface area contributed by atoms with Crippen LogP contribution in [0, 0.1) is 0 Å². The Balaban J connectivity index is 1.97. The Morgan fingerprint density at radius 1 is 1.30 bits per heavy atom. The molecule has 0 aromatic rings. The molecule has 2 heterocycles. The maximum absolute atomic E-state index is 12.4. The van der Waals surface area contributed by atoms with Crippen LogP contribution in [0.25, 0.3) is 0 Å². The van der Waals surface area contributed by atoms with Gasteiger partial charge in [-0.15, -0.1) is 0 Å². The highest BCUT2D eigenvalue weighted by Crippen LogP contribution is 2.20. The van der Waals surface area contributed by atoms with Gasteiger partial charge in [0.1, 0.15) is 12.1 Å². The van der Waals surface area contributed by atoms with Gasteiger partial charge in [-0.05, 0) is 39.2 Å². The number of likely N-dealkylation sites (tertiary alicyclic amines) is 1. The van der Waals surface area contributed by atoms with Crippen molar-refractivity contribution in [2.75, 3.05) is 13.1 Å². The number of rotatable bonds is 4. The zero-order valence-electron chi connectivity index (χ0n) is 11.7. The van der Waals surface area contributed by atoms with E-state index in [1.165, 1.54) is 0 Å². The fourth-order valence-electron chi connectivity index (χ4n) is 2.78. The molecule has 4 N–H and O–H groups in total. The van der Waals surface area contributed by atoms with Crippen molar-refractivity contribution in [1.82, 2.24) is 15.5 Å². The molecular weight excluding hydrogens is 260 g/mol. The Kier molecular flexibility index (Phi) is 4.59. The third-order valence-electron chi connectivity index (χ3n) is 3.98. The molecular formula is C13H22N4O3. The fraction of sp³-hybridized carbons (Fsp3) is 0.769. The smallest absolute Gasteiger partial charge is 0.243 e. The predicted molar refractivity (Wildman–Crippen MR) is 72.6 cm³/mol. The van der Waals surface area contributed by atoms with Gasteiger partial charge < -0.3 is 21.3 Å². The van der Waals surface area contributed by atoms with Crippen molar-refractivity contribution >= 4 is 17.7 Å². The van der Waals surface area contributed by atoms with Crippen LogP contribution in [0.4, 0.5) is 0 Å². The normalized spacial score (nSPS) is 27.4. The van der Waals surface area contributed by atoms with E-state index in [4.69, 9.17) is 5.73 Å². The van der Waals surface area contributed by atoms with E-state index in [1.807, 2.05) is 0 Å². The molecule has 0 bridgehead atoms. The molecule has 7 nitrogen and oxygen atoms in total. The summed E-state index contributed by atoms with van der Waals surface area (Å²) in [6.45, 7) is 2.99. The van der Waals surface area contributed by atoms with E-state index in [9.17, 15) is 14.4 Å². The first kappa shape index (κ1) is 14.8. The van der Waals surface area contributed by atoms with Crippen LogP contribution >= 0.6 is 0 Å². The van der Waals surface area contributed by atoms with Gasteiger partial charge in [0, 0.05) is 6.54 Å². The molecule has 2 rings (SSSR count). The predicted octanol–water partition coefficient (Wildman–Crippen LogP) is -1.28. The monoisotopic (exact) mass is 282 g/mol. The molecule has 3 atom stereocenters. The summed E-state index contributed by atoms with van der Waals surface area (Å²) in [5.74, 6) is -0.876. The Labute approximate surface area is 118 Å². The number of nitrogens with one attached hydrogen (secondary N) is 2. The van der Waals surface area contributed by atoms with Crippen molar-refractivity contribution < 1.29 is 14.4 Å². The third-order valence-corrected chi connectivity index (χ3v) is 3.98. The van der Waals surface area contributed by atoms with Gasteiger partial charge in [0.2, 0.25) is 17.7 Å². The molecule has 2 aliphatic heterocycles. The second-order valence-electron chi connectivity index (χ2n) is 5.47. The number of primary amides is 1. The van der Waals surface area contributed by atoms with Crippen LogP contribution in [0.15, 0.2) is 0 Å². The Bertz CT molecular complexity index is 406. The second-order valence-corrected chi connectivity index (χ2v) is 5.47. The number of hydrogen-bond donors (Lipinski definition) is 3. The molecule has 0 spiro atoms. The minimum Gasteiger partial charge on any atom is -0.368 e. The molecule has 2 aliphatic rings. The SMILES string of the molecule is C[C@H](NC(=O)[C@@H]1CCCN1C(=O)[C@@H]1CCCN1)C(N)=O. The minimum atomic E-state index is -0.718. The van der Waals surface area contributed by atoms with Crippen molar-refractivity contribution in [2.45, 2.75) is 50.7 Å². The van der Waals surface area contributed by atoms with Crippen molar-refractivity contribution in [3.05, 3.63) is 0 Å². The molecule has 2 fully saturated rings. The summed E-state index contributed by atoms with van der Waals surface area (Å²) >= 11 is 0. The summed E-state index contributed by atoms with van der Waals surface area (Å²) in [6, 6.07) is -1.37. The molecule has 0 aromatic heterocycles. The van der Waals surface area contributed by atoms with Crippen LogP contribution in [0.1, 0.15) is 32.6 Å². The molecule has 0 radical (unpaired) electrons. The maximum Gasteiger partial charge on any atom is 0.243 e. The van der Waals surface area contributed by atoms with Crippen molar-refractivity contribution in [3.63, 3.8) is 0 Å². The highest BCUT2D eigenvalue weighted by molar-refractivity contribution is 5.93. The summed E-state index contributed by atoms with van der Waals surface area (Å²) in [6.07, 6.45) is 3.25. The van der Waals surface area contributed by atoms with E-state index in [-0.39, 0.29) is 17.9 Å². The minimum absolute atomic E-state index is 0.00752. The van der Waals surface area contributed by atoms with E-state index in [2.05, 4.69) is 10.6 Å². The van der Waals surface area contributed by atoms with Gasteiger partial charge in [-0.1, -0.05) is 0 Å². The molecule has 7 heteroatoms. The molecule has 0 aromatic carbocycles. The summed E-state index contributed by atoms with van der Waals surface area (Å²) in [5.41, 5.74) is 5.13. The molecule has 112 valence electrons. The van der Waals surface area contributed by atoms with Crippen LogP contribution in [0.2, 0.25) is 0 Å². The first-order valence-corrected chi connectivity index (χ1v) is 7.14. The second kappa shape index (κ2) is 6.21. The lowest BCUT2D eigenvalue weighted by Crippen LogP contribution is -2.53. The molecule has 0 aliphatic carbocycles. The molecule has 20 heavy (non-hydrogen) atoms. The maximum atomic E-state index is 12.4. The standard InChI is InChI=1S/C13H22N4O3/c1-8(11(14)18)16-12(19)10-5-3-7-17(10)13(20)9-4-2-6-15-9/h8-10,15H,2-7H2,1H3,(H2,14,18)(H,16,19)/t8-,9-,10-/m0/s1. The molecule has 3 amide bonds. The zero-order valence-corrected chi connectivity index (χ0v) is 11.7. The van der Waals surface area contributed by atoms with Crippen LogP contribution in [-0.4, -0.2) is 53.8 Å². The van der Waals surface area contributed by atoms with E-state index in [0.717, 1.165) is 25.8 Å². The van der Waals surface area contributed by atoms with Gasteiger partial charge in [0.15, 0.2) is 0 Å². The van der Waals surface area contributed by atoms with Crippen LogP contribution in [-0.2, 0) is 14.4 Å². The summed E-state index contributed by atoms with van der Waals surface area (Å²) < 4.78 is 0. The highest BCUT2D eigenvalue weighted by Gasteiger charge is 2.38. The van der Waals surface area contributed by atoms with Gasteiger partial charge in [-0.2, -0.15) is 0 Å². The van der Waals surface area contributed by atoms with Gasteiger partial charge in [-0.3, -0.25) is 14.4 Å². The van der Waals surface area contributed by atoms with Gasteiger partial charge >= 0.3 is 0 Å². The lowest BCUT2D eigenvalue weighted by Gasteiger charge is -2.27. The number of amides is 3. The zero-order chi connectivity index (χ0) is 14.7. The Morgan fingerprint density at radius 3 is 2.65 bits per heavy atom. The number of hydrogen-bond acceptors (Lipinski definition) is 4.